The summed E-state index contributed by atoms with van der Waals surface area (Å²) in [6.07, 6.45) is 2.21. The third-order valence-electron chi connectivity index (χ3n) is 4.00. The van der Waals surface area contributed by atoms with Crippen LogP contribution in [0.1, 0.15) is 24.6 Å². The fraction of sp³-hybridized carbons (Fsp3) is 0.333. The van der Waals surface area contributed by atoms with Crippen molar-refractivity contribution in [2.24, 2.45) is 5.73 Å². The fourth-order valence-electron chi connectivity index (χ4n) is 2.82. The van der Waals surface area contributed by atoms with Crippen LogP contribution in [0.5, 0.6) is 11.6 Å². The lowest BCUT2D eigenvalue weighted by Crippen LogP contribution is -2.39. The van der Waals surface area contributed by atoms with Crippen LogP contribution < -0.4 is 15.4 Å². The van der Waals surface area contributed by atoms with Gasteiger partial charge in [0.05, 0.1) is 18.0 Å². The first kappa shape index (κ1) is 17.8. The van der Waals surface area contributed by atoms with Gasteiger partial charge in [-0.1, -0.05) is 6.07 Å². The minimum Gasteiger partial charge on any atom is -0.465 e. The molecule has 0 saturated heterocycles. The van der Waals surface area contributed by atoms with E-state index < -0.39 is 5.97 Å². The summed E-state index contributed by atoms with van der Waals surface area (Å²) < 4.78 is 10.9. The summed E-state index contributed by atoms with van der Waals surface area (Å²) in [4.78, 5) is 33.7. The van der Waals surface area contributed by atoms with E-state index in [0.29, 0.717) is 35.9 Å². The molecule has 1 aliphatic rings. The summed E-state index contributed by atoms with van der Waals surface area (Å²) in [5.74, 6) is 0.409. The van der Waals surface area contributed by atoms with Gasteiger partial charge in [0.1, 0.15) is 18.6 Å². The van der Waals surface area contributed by atoms with Crippen molar-refractivity contribution in [3.8, 4) is 11.6 Å². The van der Waals surface area contributed by atoms with Gasteiger partial charge in [0.25, 0.3) is 0 Å². The molecule has 26 heavy (non-hydrogen) atoms. The van der Waals surface area contributed by atoms with E-state index in [1.165, 1.54) is 11.2 Å². The van der Waals surface area contributed by atoms with Crippen LogP contribution in [0.25, 0.3) is 0 Å². The van der Waals surface area contributed by atoms with E-state index >= 15 is 0 Å². The molecule has 1 aliphatic heterocycles. The van der Waals surface area contributed by atoms with Gasteiger partial charge in [-0.25, -0.2) is 9.97 Å². The Kier molecular flexibility index (Phi) is 5.43. The van der Waals surface area contributed by atoms with Crippen LogP contribution in [0.2, 0.25) is 0 Å². The average Bonchev–Trinajstić information content (AvgIpc) is 2.64. The third kappa shape index (κ3) is 3.80. The molecular formula is C18H20N4O4. The molecule has 1 amide bonds. The number of benzene rings is 1. The summed E-state index contributed by atoms with van der Waals surface area (Å²) in [5.41, 5.74) is 7.76. The lowest BCUT2D eigenvalue weighted by molar-refractivity contribution is -0.142. The SMILES string of the molecule is CCOC(=O)CN1C(=O)CCc2c(Oc3cc(CN)ncn3)cccc21. The number of ether oxygens (including phenoxy) is 2. The largest absolute Gasteiger partial charge is 0.465 e. The third-order valence-corrected chi connectivity index (χ3v) is 4.00. The molecule has 8 nitrogen and oxygen atoms in total. The van der Waals surface area contributed by atoms with Crippen LogP contribution in [-0.4, -0.2) is 35.0 Å². The van der Waals surface area contributed by atoms with Gasteiger partial charge in [-0.05, 0) is 25.5 Å². The lowest BCUT2D eigenvalue weighted by Gasteiger charge is -2.29. The van der Waals surface area contributed by atoms with E-state index in [2.05, 4.69) is 9.97 Å². The molecular weight excluding hydrogens is 336 g/mol. The highest BCUT2D eigenvalue weighted by Crippen LogP contribution is 2.36. The quantitative estimate of drug-likeness (QED) is 0.783. The zero-order chi connectivity index (χ0) is 18.5. The summed E-state index contributed by atoms with van der Waals surface area (Å²) >= 11 is 0. The summed E-state index contributed by atoms with van der Waals surface area (Å²) in [6, 6.07) is 7.05. The van der Waals surface area contributed by atoms with Gasteiger partial charge in [-0.3, -0.25) is 9.59 Å². The maximum atomic E-state index is 12.3. The average molecular weight is 356 g/mol. The van der Waals surface area contributed by atoms with Crippen LogP contribution in [-0.2, 0) is 27.3 Å². The second-order valence-corrected chi connectivity index (χ2v) is 5.69. The van der Waals surface area contributed by atoms with Crippen molar-refractivity contribution in [1.82, 2.24) is 9.97 Å². The van der Waals surface area contributed by atoms with Crippen molar-refractivity contribution in [3.05, 3.63) is 41.9 Å². The molecule has 3 rings (SSSR count). The normalized spacial score (nSPS) is 13.3. The Morgan fingerprint density at radius 1 is 1.31 bits per heavy atom. The summed E-state index contributed by atoms with van der Waals surface area (Å²) in [5, 5.41) is 0. The Labute approximate surface area is 150 Å². The van der Waals surface area contributed by atoms with Gasteiger partial charge in [-0.15, -0.1) is 0 Å². The highest BCUT2D eigenvalue weighted by molar-refractivity contribution is 6.00. The number of anilines is 1. The van der Waals surface area contributed by atoms with E-state index in [1.54, 1.807) is 31.2 Å². The van der Waals surface area contributed by atoms with Crippen LogP contribution >= 0.6 is 0 Å². The van der Waals surface area contributed by atoms with Gasteiger partial charge in [-0.2, -0.15) is 0 Å². The molecule has 0 bridgehead atoms. The molecule has 0 atom stereocenters. The first-order valence-corrected chi connectivity index (χ1v) is 8.39. The Morgan fingerprint density at radius 2 is 2.15 bits per heavy atom. The van der Waals surface area contributed by atoms with Crippen molar-refractivity contribution >= 4 is 17.6 Å². The molecule has 0 unspecified atom stereocenters. The van der Waals surface area contributed by atoms with Gasteiger partial charge in [0.15, 0.2) is 0 Å². The zero-order valence-electron chi connectivity index (χ0n) is 14.5. The monoisotopic (exact) mass is 356 g/mol. The lowest BCUT2D eigenvalue weighted by atomic mass is 10.00. The first-order valence-electron chi connectivity index (χ1n) is 8.39. The van der Waals surface area contributed by atoms with Crippen LogP contribution in [0, 0.1) is 0 Å². The molecule has 2 N–H and O–H groups in total. The van der Waals surface area contributed by atoms with E-state index in [9.17, 15) is 9.59 Å². The number of nitrogens with two attached hydrogens (primary N) is 1. The zero-order valence-corrected chi connectivity index (χ0v) is 14.5. The molecule has 8 heteroatoms. The van der Waals surface area contributed by atoms with Crippen molar-refractivity contribution in [1.29, 1.82) is 0 Å². The Hall–Kier alpha value is -3.00. The number of fused-ring (bicyclic) bond motifs is 1. The number of carbonyl (C=O) groups is 2. The maximum Gasteiger partial charge on any atom is 0.326 e. The number of aromatic nitrogens is 2. The summed E-state index contributed by atoms with van der Waals surface area (Å²) in [6.45, 7) is 2.17. The van der Waals surface area contributed by atoms with Crippen molar-refractivity contribution in [2.45, 2.75) is 26.3 Å². The minimum absolute atomic E-state index is 0.116. The Morgan fingerprint density at radius 3 is 2.92 bits per heavy atom. The van der Waals surface area contributed by atoms with Gasteiger partial charge in [0, 0.05) is 24.6 Å². The molecule has 136 valence electrons. The molecule has 0 aliphatic carbocycles. The van der Waals surface area contributed by atoms with Gasteiger partial charge in [0.2, 0.25) is 11.8 Å². The van der Waals surface area contributed by atoms with Crippen LogP contribution in [0.15, 0.2) is 30.6 Å². The predicted octanol–water partition coefficient (Wildman–Crippen LogP) is 1.57. The number of hydrogen-bond donors (Lipinski definition) is 1. The predicted molar refractivity (Wildman–Crippen MR) is 93.7 cm³/mol. The standard InChI is InChI=1S/C18H20N4O4/c1-2-25-18(24)10-22-14-4-3-5-15(13(14)6-7-17(22)23)26-16-8-12(9-19)20-11-21-16/h3-5,8,11H,2,6-7,9-10,19H2,1H3. The first-order chi connectivity index (χ1) is 12.6. The van der Waals surface area contributed by atoms with Crippen molar-refractivity contribution < 1.29 is 19.1 Å². The Balaban J connectivity index is 1.89. The number of hydrogen-bond acceptors (Lipinski definition) is 7. The van der Waals surface area contributed by atoms with E-state index in [-0.39, 0.29) is 25.6 Å². The number of carbonyl (C=O) groups excluding carboxylic acids is 2. The van der Waals surface area contributed by atoms with Crippen molar-refractivity contribution in [3.63, 3.8) is 0 Å². The van der Waals surface area contributed by atoms with E-state index in [0.717, 1.165) is 5.56 Å². The molecule has 2 aromatic rings. The molecule has 1 aromatic carbocycles. The molecule has 2 heterocycles. The maximum absolute atomic E-state index is 12.3. The number of rotatable bonds is 6. The number of esters is 1. The molecule has 0 saturated carbocycles. The number of amides is 1. The van der Waals surface area contributed by atoms with Gasteiger partial charge < -0.3 is 20.1 Å². The molecule has 1 aromatic heterocycles. The molecule has 0 fully saturated rings. The van der Waals surface area contributed by atoms with Crippen LogP contribution in [0.4, 0.5) is 5.69 Å². The topological polar surface area (TPSA) is 108 Å². The van der Waals surface area contributed by atoms with Crippen molar-refractivity contribution in [2.75, 3.05) is 18.1 Å². The minimum atomic E-state index is -0.441. The smallest absolute Gasteiger partial charge is 0.326 e. The summed E-state index contributed by atoms with van der Waals surface area (Å²) in [7, 11) is 0. The van der Waals surface area contributed by atoms with E-state index in [1.807, 2.05) is 0 Å². The highest BCUT2D eigenvalue weighted by Gasteiger charge is 2.28. The second-order valence-electron chi connectivity index (χ2n) is 5.69. The van der Waals surface area contributed by atoms with Crippen LogP contribution in [0.3, 0.4) is 0 Å². The highest BCUT2D eigenvalue weighted by atomic mass is 16.5. The molecule has 0 spiro atoms. The van der Waals surface area contributed by atoms with Gasteiger partial charge >= 0.3 is 5.97 Å². The Bertz CT molecular complexity index is 825. The number of nitrogens with zero attached hydrogens (tertiary/aromatic N) is 3. The fourth-order valence-corrected chi connectivity index (χ4v) is 2.82. The van der Waals surface area contributed by atoms with E-state index in [4.69, 9.17) is 15.2 Å². The second kappa shape index (κ2) is 7.92. The molecule has 0 radical (unpaired) electrons.